The molecular weight excluding hydrogens is 344 g/mol. The molecule has 0 aromatic carbocycles. The van der Waals surface area contributed by atoms with Gasteiger partial charge < -0.3 is 9.47 Å². The van der Waals surface area contributed by atoms with Crippen molar-refractivity contribution in [3.05, 3.63) is 11.6 Å². The van der Waals surface area contributed by atoms with Gasteiger partial charge in [-0.15, -0.1) is 0 Å². The second-order valence-electron chi connectivity index (χ2n) is 9.19. The van der Waals surface area contributed by atoms with Crippen LogP contribution in [0.3, 0.4) is 0 Å². The first-order valence-electron chi connectivity index (χ1n) is 10.1. The molecule has 0 aromatic heterocycles. The van der Waals surface area contributed by atoms with E-state index in [4.69, 9.17) is 9.47 Å². The van der Waals surface area contributed by atoms with Crippen molar-refractivity contribution in [1.82, 2.24) is 0 Å². The monoisotopic (exact) mass is 376 g/mol. The molecule has 0 bridgehead atoms. The average molecular weight is 376 g/mol. The highest BCUT2D eigenvalue weighted by atomic mass is 16.5. The normalized spacial score (nSPS) is 42.9. The topological polar surface area (TPSA) is 69.7 Å². The molecule has 0 aliphatic heterocycles. The number of ether oxygens (including phenoxy) is 2. The number of carbonyl (C=O) groups excluding carboxylic acids is 3. The average Bonchev–Trinajstić information content (AvgIpc) is 2.64. The molecule has 0 spiro atoms. The molecule has 3 aliphatic rings. The summed E-state index contributed by atoms with van der Waals surface area (Å²) in [5, 5.41) is 0. The van der Waals surface area contributed by atoms with E-state index in [0.29, 0.717) is 6.42 Å². The molecule has 2 unspecified atom stereocenters. The lowest BCUT2D eigenvalue weighted by Crippen LogP contribution is -2.59. The summed E-state index contributed by atoms with van der Waals surface area (Å²) in [6.45, 7) is 6.34. The summed E-state index contributed by atoms with van der Waals surface area (Å²) < 4.78 is 9.93. The summed E-state index contributed by atoms with van der Waals surface area (Å²) in [5.41, 5.74) is 0.378. The van der Waals surface area contributed by atoms with Gasteiger partial charge in [-0.2, -0.15) is 0 Å². The third-order valence-electron chi connectivity index (χ3n) is 8.06. The van der Waals surface area contributed by atoms with E-state index in [9.17, 15) is 14.4 Å². The van der Waals surface area contributed by atoms with Crippen LogP contribution in [0.15, 0.2) is 11.6 Å². The smallest absolute Gasteiger partial charge is 0.330 e. The van der Waals surface area contributed by atoms with Crippen LogP contribution in [0.4, 0.5) is 0 Å². The second kappa shape index (κ2) is 7.06. The van der Waals surface area contributed by atoms with Gasteiger partial charge in [-0.05, 0) is 55.8 Å². The lowest BCUT2D eigenvalue weighted by molar-refractivity contribution is -0.178. The molecule has 0 saturated heterocycles. The van der Waals surface area contributed by atoms with Gasteiger partial charge in [0, 0.05) is 18.4 Å². The maximum atomic E-state index is 13.2. The van der Waals surface area contributed by atoms with Gasteiger partial charge in [-0.1, -0.05) is 25.8 Å². The third-order valence-corrected chi connectivity index (χ3v) is 8.06. The molecule has 6 atom stereocenters. The first-order chi connectivity index (χ1) is 12.7. The highest BCUT2D eigenvalue weighted by Crippen LogP contribution is 2.64. The van der Waals surface area contributed by atoms with Crippen molar-refractivity contribution in [3.63, 3.8) is 0 Å². The Hall–Kier alpha value is -1.65. The molecule has 150 valence electrons. The summed E-state index contributed by atoms with van der Waals surface area (Å²) >= 11 is 0. The maximum absolute atomic E-state index is 13.2. The number of fused-ring (bicyclic) bond motifs is 3. The molecule has 3 rings (SSSR count). The van der Waals surface area contributed by atoms with Gasteiger partial charge in [0.25, 0.3) is 0 Å². The van der Waals surface area contributed by atoms with Crippen LogP contribution in [0.2, 0.25) is 0 Å². The van der Waals surface area contributed by atoms with Gasteiger partial charge in [-0.3, -0.25) is 9.59 Å². The molecule has 5 heteroatoms. The zero-order valence-corrected chi connectivity index (χ0v) is 17.2. The summed E-state index contributed by atoms with van der Waals surface area (Å²) in [6.07, 6.45) is 6.50. The van der Waals surface area contributed by atoms with Gasteiger partial charge in [0.1, 0.15) is 5.78 Å². The fraction of sp³-hybridized carbons (Fsp3) is 0.773. The summed E-state index contributed by atoms with van der Waals surface area (Å²) in [7, 11) is 2.82. The number of allylic oxidation sites excluding steroid dienone is 1. The van der Waals surface area contributed by atoms with Crippen LogP contribution in [0.25, 0.3) is 0 Å². The van der Waals surface area contributed by atoms with E-state index >= 15 is 0 Å². The molecule has 0 N–H and O–H groups in total. The van der Waals surface area contributed by atoms with Crippen molar-refractivity contribution < 1.29 is 23.9 Å². The molecule has 3 saturated carbocycles. The minimum Gasteiger partial charge on any atom is -0.469 e. The van der Waals surface area contributed by atoms with Crippen LogP contribution in [0.1, 0.15) is 59.3 Å². The SMILES string of the molecule is COC(=O)/C=C1\CCC2[C@@H](C(=O)CC3[C@]2(C)CCC[C@@]3(C)C(=O)OC)[C@@H]1C. The number of hydrogen-bond donors (Lipinski definition) is 0. The Bertz CT molecular complexity index is 680. The molecule has 3 aliphatic carbocycles. The minimum atomic E-state index is -0.590. The summed E-state index contributed by atoms with van der Waals surface area (Å²) in [4.78, 5) is 37.6. The van der Waals surface area contributed by atoms with E-state index in [2.05, 4.69) is 13.8 Å². The molecule has 3 fully saturated rings. The van der Waals surface area contributed by atoms with Crippen molar-refractivity contribution in [2.24, 2.45) is 34.5 Å². The lowest BCUT2D eigenvalue weighted by atomic mass is 9.43. The van der Waals surface area contributed by atoms with Gasteiger partial charge in [0.15, 0.2) is 0 Å². The van der Waals surface area contributed by atoms with Gasteiger partial charge in [0.2, 0.25) is 0 Å². The van der Waals surface area contributed by atoms with Crippen molar-refractivity contribution in [2.45, 2.75) is 59.3 Å². The fourth-order valence-corrected chi connectivity index (χ4v) is 6.60. The van der Waals surface area contributed by atoms with E-state index in [1.165, 1.54) is 14.2 Å². The molecular formula is C22H32O5. The molecule has 27 heavy (non-hydrogen) atoms. The Morgan fingerprint density at radius 1 is 1.15 bits per heavy atom. The number of esters is 2. The number of methoxy groups -OCH3 is 2. The van der Waals surface area contributed by atoms with Crippen LogP contribution >= 0.6 is 0 Å². The van der Waals surface area contributed by atoms with E-state index in [1.807, 2.05) is 6.92 Å². The first-order valence-corrected chi connectivity index (χ1v) is 10.1. The fourth-order valence-electron chi connectivity index (χ4n) is 6.60. The molecule has 5 nitrogen and oxygen atoms in total. The predicted octanol–water partition coefficient (Wildman–Crippen LogP) is 3.71. The first kappa shape index (κ1) is 20.1. The van der Waals surface area contributed by atoms with Crippen molar-refractivity contribution in [1.29, 1.82) is 0 Å². The van der Waals surface area contributed by atoms with Crippen LogP contribution in [0.5, 0.6) is 0 Å². The molecule has 0 radical (unpaired) electrons. The van der Waals surface area contributed by atoms with Crippen LogP contribution < -0.4 is 0 Å². The van der Waals surface area contributed by atoms with Crippen LogP contribution in [0, 0.1) is 34.5 Å². The van der Waals surface area contributed by atoms with Gasteiger partial charge in [-0.25, -0.2) is 4.79 Å². The van der Waals surface area contributed by atoms with Crippen molar-refractivity contribution in [3.8, 4) is 0 Å². The van der Waals surface area contributed by atoms with Gasteiger partial charge in [0.05, 0.1) is 19.6 Å². The minimum absolute atomic E-state index is 0.0262. The molecule has 0 amide bonds. The highest BCUT2D eigenvalue weighted by molar-refractivity contribution is 5.87. The highest BCUT2D eigenvalue weighted by Gasteiger charge is 2.62. The quantitative estimate of drug-likeness (QED) is 0.543. The molecule has 0 aromatic rings. The predicted molar refractivity (Wildman–Crippen MR) is 101 cm³/mol. The summed E-state index contributed by atoms with van der Waals surface area (Å²) in [5.74, 6) is -0.0488. The van der Waals surface area contributed by atoms with E-state index in [0.717, 1.165) is 37.7 Å². The maximum Gasteiger partial charge on any atom is 0.330 e. The number of rotatable bonds is 2. The van der Waals surface area contributed by atoms with Crippen LogP contribution in [-0.4, -0.2) is 31.9 Å². The van der Waals surface area contributed by atoms with Gasteiger partial charge >= 0.3 is 11.9 Å². The van der Waals surface area contributed by atoms with Crippen molar-refractivity contribution >= 4 is 17.7 Å². The van der Waals surface area contributed by atoms with E-state index in [-0.39, 0.29) is 46.8 Å². The Kier molecular flexibility index (Phi) is 5.26. The Morgan fingerprint density at radius 2 is 1.85 bits per heavy atom. The largest absolute Gasteiger partial charge is 0.469 e. The standard InChI is InChI=1S/C22H32O5/c1-13-14(11-18(24)26-4)7-8-15-19(13)16(23)12-17-21(15,2)9-6-10-22(17,3)20(25)27-5/h11,13,15,17,19H,6-10,12H2,1-5H3/b14-11+/t13-,15?,17?,19+,21-,22-/m1/s1. The zero-order chi connectivity index (χ0) is 20.0. The lowest BCUT2D eigenvalue weighted by Gasteiger charge is -2.60. The Morgan fingerprint density at radius 3 is 2.48 bits per heavy atom. The zero-order valence-electron chi connectivity index (χ0n) is 17.2. The Balaban J connectivity index is 1.96. The number of carbonyl (C=O) groups is 3. The van der Waals surface area contributed by atoms with E-state index in [1.54, 1.807) is 6.08 Å². The number of Topliss-reactive ketones (excluding diaryl/α,β-unsaturated/α-hetero) is 1. The second-order valence-corrected chi connectivity index (χ2v) is 9.19. The van der Waals surface area contributed by atoms with Crippen molar-refractivity contribution in [2.75, 3.05) is 14.2 Å². The number of ketones is 1. The van der Waals surface area contributed by atoms with Crippen LogP contribution in [-0.2, 0) is 23.9 Å². The molecule has 0 heterocycles. The summed E-state index contributed by atoms with van der Waals surface area (Å²) in [6, 6.07) is 0. The number of hydrogen-bond acceptors (Lipinski definition) is 5. The third kappa shape index (κ3) is 3.03. The van der Waals surface area contributed by atoms with E-state index < -0.39 is 5.41 Å². The Labute approximate surface area is 161 Å².